The van der Waals surface area contributed by atoms with Gasteiger partial charge in [-0.3, -0.25) is 4.57 Å². The fraction of sp³-hybridized carbons (Fsp3) is 0.200. The summed E-state index contributed by atoms with van der Waals surface area (Å²) in [7, 11) is 0. The smallest absolute Gasteiger partial charge is 0.247 e. The number of rotatable bonds is 2. The maximum absolute atomic E-state index is 9.40. The highest BCUT2D eigenvalue weighted by Gasteiger charge is 2.19. The maximum atomic E-state index is 9.40. The van der Waals surface area contributed by atoms with Crippen LogP contribution in [0.2, 0.25) is 0 Å². The van der Waals surface area contributed by atoms with Gasteiger partial charge < -0.3 is 4.42 Å². The summed E-state index contributed by atoms with van der Waals surface area (Å²) in [6, 6.07) is 8.24. The van der Waals surface area contributed by atoms with Crippen molar-refractivity contribution in [3.8, 4) is 23.1 Å². The highest BCUT2D eigenvalue weighted by molar-refractivity contribution is 5.87. The fourth-order valence-corrected chi connectivity index (χ4v) is 3.47. The van der Waals surface area contributed by atoms with E-state index in [0.717, 1.165) is 22.4 Å². The molecule has 1 aromatic carbocycles. The summed E-state index contributed by atoms with van der Waals surface area (Å²) in [5.74, 6) is 1.19. The number of nitrogens with zero attached hydrogens (tertiary/aromatic N) is 5. The Morgan fingerprint density at radius 2 is 1.81 bits per heavy atom. The Hall–Kier alpha value is -3.46. The molecule has 3 aromatic heterocycles. The number of aryl methyl sites for hydroxylation is 4. The Kier molecular flexibility index (Phi) is 3.58. The van der Waals surface area contributed by atoms with Crippen molar-refractivity contribution in [2.75, 3.05) is 0 Å². The monoisotopic (exact) mass is 343 g/mol. The van der Waals surface area contributed by atoms with Crippen LogP contribution in [-0.2, 0) is 0 Å². The topological polar surface area (TPSA) is 80.5 Å². The molecule has 26 heavy (non-hydrogen) atoms. The molecule has 3 heterocycles. The molecule has 0 aliphatic rings. The van der Waals surface area contributed by atoms with E-state index in [4.69, 9.17) is 4.42 Å². The molecule has 6 nitrogen and oxygen atoms in total. The van der Waals surface area contributed by atoms with E-state index >= 15 is 0 Å². The van der Waals surface area contributed by atoms with E-state index in [0.29, 0.717) is 28.6 Å². The van der Waals surface area contributed by atoms with Crippen molar-refractivity contribution in [3.63, 3.8) is 0 Å². The van der Waals surface area contributed by atoms with Gasteiger partial charge in [0, 0.05) is 19.3 Å². The largest absolute Gasteiger partial charge is 0.423 e. The van der Waals surface area contributed by atoms with E-state index in [1.54, 1.807) is 19.3 Å². The molecule has 0 aliphatic heterocycles. The third-order valence-electron chi connectivity index (χ3n) is 4.34. The zero-order valence-corrected chi connectivity index (χ0v) is 15.0. The maximum Gasteiger partial charge on any atom is 0.247 e. The molecule has 0 radical (unpaired) electrons. The summed E-state index contributed by atoms with van der Waals surface area (Å²) in [5, 5.41) is 9.40. The summed E-state index contributed by atoms with van der Waals surface area (Å²) < 4.78 is 7.51. The third-order valence-corrected chi connectivity index (χ3v) is 4.34. The molecular weight excluding hydrogens is 326 g/mol. The molecule has 0 spiro atoms. The standard InChI is InChI=1S/C20H17N5O/c1-11-7-12(2)18(13(3)8-11)25-10-15(9-21)24-19(25)16-5-6-22-20-17(16)23-14(4)26-20/h5-8,10H,1-4H3. The number of fused-ring (bicyclic) bond motifs is 1. The van der Waals surface area contributed by atoms with Crippen LogP contribution < -0.4 is 0 Å². The minimum atomic E-state index is 0.351. The number of hydrogen-bond donors (Lipinski definition) is 0. The molecule has 0 saturated carbocycles. The average Bonchev–Trinajstić information content (AvgIpc) is 3.16. The van der Waals surface area contributed by atoms with Gasteiger partial charge in [0.2, 0.25) is 5.71 Å². The van der Waals surface area contributed by atoms with E-state index in [1.165, 1.54) is 5.56 Å². The third kappa shape index (κ3) is 2.45. The van der Waals surface area contributed by atoms with Crippen LogP contribution in [0.5, 0.6) is 0 Å². The lowest BCUT2D eigenvalue weighted by Crippen LogP contribution is -2.02. The quantitative estimate of drug-likeness (QED) is 0.545. The highest BCUT2D eigenvalue weighted by atomic mass is 16.4. The van der Waals surface area contributed by atoms with Crippen molar-refractivity contribution in [2.45, 2.75) is 27.7 Å². The van der Waals surface area contributed by atoms with Crippen molar-refractivity contribution >= 4 is 11.2 Å². The van der Waals surface area contributed by atoms with Crippen molar-refractivity contribution in [2.24, 2.45) is 0 Å². The first kappa shape index (κ1) is 16.0. The number of oxazole rings is 1. The molecule has 0 aliphatic carbocycles. The average molecular weight is 343 g/mol. The SMILES string of the molecule is Cc1cc(C)c(-n2cc(C#N)nc2-c2ccnc3oc(C)nc23)c(C)c1. The summed E-state index contributed by atoms with van der Waals surface area (Å²) in [4.78, 5) is 13.2. The lowest BCUT2D eigenvalue weighted by molar-refractivity contribution is 0.551. The Morgan fingerprint density at radius 1 is 1.08 bits per heavy atom. The number of imidazole rings is 1. The number of pyridine rings is 1. The van der Waals surface area contributed by atoms with Gasteiger partial charge in [-0.1, -0.05) is 17.7 Å². The molecule has 0 saturated heterocycles. The molecule has 0 bridgehead atoms. The molecule has 0 atom stereocenters. The van der Waals surface area contributed by atoms with Gasteiger partial charge in [0.1, 0.15) is 17.4 Å². The zero-order valence-electron chi connectivity index (χ0n) is 15.0. The van der Waals surface area contributed by atoms with Crippen molar-refractivity contribution in [3.05, 3.63) is 58.9 Å². The van der Waals surface area contributed by atoms with Crippen LogP contribution in [-0.4, -0.2) is 19.5 Å². The van der Waals surface area contributed by atoms with E-state index in [9.17, 15) is 5.26 Å². The molecule has 4 rings (SSSR count). The summed E-state index contributed by atoms with van der Waals surface area (Å²) in [6.07, 6.45) is 3.43. The van der Waals surface area contributed by atoms with E-state index in [1.807, 2.05) is 10.6 Å². The van der Waals surface area contributed by atoms with Gasteiger partial charge in [-0.15, -0.1) is 0 Å². The van der Waals surface area contributed by atoms with Crippen LogP contribution in [0.1, 0.15) is 28.3 Å². The number of hydrogen-bond acceptors (Lipinski definition) is 5. The molecule has 0 amide bonds. The Bertz CT molecular complexity index is 1170. The molecular formula is C20H17N5O. The Labute approximate surface area is 150 Å². The van der Waals surface area contributed by atoms with Crippen LogP contribution in [0.3, 0.4) is 0 Å². The number of nitriles is 1. The highest BCUT2D eigenvalue weighted by Crippen LogP contribution is 2.31. The van der Waals surface area contributed by atoms with Gasteiger partial charge in [-0.25, -0.2) is 15.0 Å². The van der Waals surface area contributed by atoms with Crippen LogP contribution in [0.25, 0.3) is 28.3 Å². The summed E-state index contributed by atoms with van der Waals surface area (Å²) >= 11 is 0. The van der Waals surface area contributed by atoms with Gasteiger partial charge in [0.25, 0.3) is 0 Å². The van der Waals surface area contributed by atoms with Gasteiger partial charge in [0.05, 0.1) is 11.3 Å². The molecule has 0 N–H and O–H groups in total. The molecule has 4 aromatic rings. The lowest BCUT2D eigenvalue weighted by atomic mass is 10.0. The normalized spacial score (nSPS) is 11.0. The molecule has 6 heteroatoms. The number of aromatic nitrogens is 4. The minimum Gasteiger partial charge on any atom is -0.423 e. The first-order valence-electron chi connectivity index (χ1n) is 8.28. The van der Waals surface area contributed by atoms with E-state index in [2.05, 4.69) is 53.9 Å². The van der Waals surface area contributed by atoms with Gasteiger partial charge in [0.15, 0.2) is 11.6 Å². The first-order chi connectivity index (χ1) is 12.5. The second-order valence-electron chi connectivity index (χ2n) is 6.42. The molecule has 128 valence electrons. The predicted octanol–water partition coefficient (Wildman–Crippen LogP) is 4.18. The van der Waals surface area contributed by atoms with Crippen molar-refractivity contribution < 1.29 is 4.42 Å². The Balaban J connectivity index is 2.05. The first-order valence-corrected chi connectivity index (χ1v) is 8.28. The second-order valence-corrected chi connectivity index (χ2v) is 6.42. The van der Waals surface area contributed by atoms with Gasteiger partial charge in [-0.05, 0) is 38.0 Å². The molecule has 0 fully saturated rings. The zero-order chi connectivity index (χ0) is 18.4. The lowest BCUT2D eigenvalue weighted by Gasteiger charge is -2.15. The van der Waals surface area contributed by atoms with Crippen molar-refractivity contribution in [1.82, 2.24) is 19.5 Å². The van der Waals surface area contributed by atoms with Gasteiger partial charge in [-0.2, -0.15) is 5.26 Å². The van der Waals surface area contributed by atoms with E-state index in [-0.39, 0.29) is 0 Å². The number of benzene rings is 1. The van der Waals surface area contributed by atoms with E-state index < -0.39 is 0 Å². The van der Waals surface area contributed by atoms with Crippen LogP contribution >= 0.6 is 0 Å². The second kappa shape index (κ2) is 5.81. The fourth-order valence-electron chi connectivity index (χ4n) is 3.47. The Morgan fingerprint density at radius 3 is 2.50 bits per heavy atom. The predicted molar refractivity (Wildman–Crippen MR) is 98.0 cm³/mol. The summed E-state index contributed by atoms with van der Waals surface area (Å²) in [5.41, 5.74) is 6.69. The summed E-state index contributed by atoms with van der Waals surface area (Å²) in [6.45, 7) is 7.98. The van der Waals surface area contributed by atoms with Crippen LogP contribution in [0, 0.1) is 39.0 Å². The van der Waals surface area contributed by atoms with Crippen LogP contribution in [0.4, 0.5) is 0 Å². The van der Waals surface area contributed by atoms with Crippen molar-refractivity contribution in [1.29, 1.82) is 5.26 Å². The minimum absolute atomic E-state index is 0.351. The van der Waals surface area contributed by atoms with Crippen LogP contribution in [0.15, 0.2) is 35.0 Å². The molecule has 0 unspecified atom stereocenters. The van der Waals surface area contributed by atoms with Gasteiger partial charge >= 0.3 is 0 Å².